The number of aromatic carboxylic acids is 1. The van der Waals surface area contributed by atoms with E-state index in [0.717, 1.165) is 38.5 Å². The van der Waals surface area contributed by atoms with Crippen LogP contribution in [0.15, 0.2) is 34.8 Å². The van der Waals surface area contributed by atoms with Crippen molar-refractivity contribution >= 4 is 44.7 Å². The number of anilines is 2. The van der Waals surface area contributed by atoms with Crippen molar-refractivity contribution in [2.75, 3.05) is 5.32 Å². The van der Waals surface area contributed by atoms with Gasteiger partial charge in [-0.2, -0.15) is 0 Å². The van der Waals surface area contributed by atoms with Gasteiger partial charge in [-0.1, -0.05) is 6.92 Å². The molecule has 7 heteroatoms. The fraction of sp³-hybridized carbons (Fsp3) is 0.211. The van der Waals surface area contributed by atoms with Crippen LogP contribution in [-0.2, 0) is 6.42 Å². The molecule has 1 aromatic carbocycles. The van der Waals surface area contributed by atoms with E-state index in [1.807, 2.05) is 13.0 Å². The number of nitrogens with zero attached hydrogens (tertiary/aromatic N) is 2. The smallest absolute Gasteiger partial charge is 0.335 e. The lowest BCUT2D eigenvalue weighted by atomic mass is 10.1. The Morgan fingerprint density at radius 3 is 2.46 bits per heavy atom. The van der Waals surface area contributed by atoms with Crippen LogP contribution in [0, 0.1) is 13.8 Å². The topological polar surface area (TPSA) is 75.1 Å². The van der Waals surface area contributed by atoms with Gasteiger partial charge in [-0.25, -0.2) is 14.8 Å². The summed E-state index contributed by atoms with van der Waals surface area (Å²) in [5.41, 5.74) is 3.02. The quantitative estimate of drug-likeness (QED) is 0.550. The lowest BCUT2D eigenvalue weighted by Crippen LogP contribution is -2.05. The zero-order chi connectivity index (χ0) is 18.8. The highest BCUT2D eigenvalue weighted by Gasteiger charge is 2.14. The van der Waals surface area contributed by atoms with E-state index >= 15 is 0 Å². The van der Waals surface area contributed by atoms with Crippen LogP contribution < -0.4 is 5.32 Å². The molecule has 0 saturated heterocycles. The number of carboxylic acid groups (broad SMARTS) is 1. The predicted octanol–water partition coefficient (Wildman–Crippen LogP) is 5.59. The van der Waals surface area contributed by atoms with Crippen LogP contribution in [0.3, 0.4) is 0 Å². The molecule has 0 saturated carbocycles. The Morgan fingerprint density at radius 2 is 1.92 bits per heavy atom. The molecule has 0 radical (unpaired) electrons. The van der Waals surface area contributed by atoms with Gasteiger partial charge in [0.1, 0.15) is 5.82 Å². The first kappa shape index (κ1) is 18.5. The molecule has 0 aliphatic heterocycles. The van der Waals surface area contributed by atoms with E-state index in [9.17, 15) is 4.79 Å². The highest BCUT2D eigenvalue weighted by molar-refractivity contribution is 9.10. The Labute approximate surface area is 164 Å². The molecular formula is C19H18BrN3O2S. The zero-order valence-electron chi connectivity index (χ0n) is 14.6. The largest absolute Gasteiger partial charge is 0.478 e. The number of aryl methyl sites for hydroxylation is 2. The molecule has 0 fully saturated rings. The van der Waals surface area contributed by atoms with Crippen LogP contribution in [0.1, 0.15) is 33.4 Å². The predicted molar refractivity (Wildman–Crippen MR) is 109 cm³/mol. The molecule has 2 aromatic heterocycles. The standard InChI is InChI=1S/C19H18BrN3O2S/c1-4-14-10(2)21-18(16-9-15(20)11(3)26-16)23-17(14)22-13-7-5-12(6-8-13)19(24)25/h5-9H,4H2,1-3H3,(H,24,25)(H,21,22,23). The SMILES string of the molecule is CCc1c(C)nc(-c2cc(Br)c(C)s2)nc1Nc1ccc(C(=O)O)cc1. The fourth-order valence-corrected chi connectivity index (χ4v) is 4.10. The van der Waals surface area contributed by atoms with E-state index in [2.05, 4.69) is 40.1 Å². The van der Waals surface area contributed by atoms with Gasteiger partial charge in [-0.15, -0.1) is 11.3 Å². The Hall–Kier alpha value is -2.25. The second kappa shape index (κ2) is 7.55. The summed E-state index contributed by atoms with van der Waals surface area (Å²) >= 11 is 5.19. The molecule has 3 rings (SSSR count). The summed E-state index contributed by atoms with van der Waals surface area (Å²) in [4.78, 5) is 22.6. The lowest BCUT2D eigenvalue weighted by Gasteiger charge is -2.13. The van der Waals surface area contributed by atoms with Crippen molar-refractivity contribution in [2.45, 2.75) is 27.2 Å². The van der Waals surface area contributed by atoms with Crippen molar-refractivity contribution < 1.29 is 9.90 Å². The first-order valence-electron chi connectivity index (χ1n) is 8.13. The number of rotatable bonds is 5. The fourth-order valence-electron chi connectivity index (χ4n) is 2.64. The molecule has 0 unspecified atom stereocenters. The van der Waals surface area contributed by atoms with Crippen LogP contribution in [-0.4, -0.2) is 21.0 Å². The Bertz CT molecular complexity index is 948. The van der Waals surface area contributed by atoms with Gasteiger partial charge in [0, 0.05) is 26.3 Å². The van der Waals surface area contributed by atoms with Crippen molar-refractivity contribution in [3.63, 3.8) is 0 Å². The first-order chi connectivity index (χ1) is 12.4. The monoisotopic (exact) mass is 431 g/mol. The summed E-state index contributed by atoms with van der Waals surface area (Å²) in [5.74, 6) is 0.494. The third-order valence-electron chi connectivity index (χ3n) is 4.04. The molecule has 5 nitrogen and oxygen atoms in total. The number of nitrogens with one attached hydrogen (secondary N) is 1. The highest BCUT2D eigenvalue weighted by Crippen LogP contribution is 2.34. The van der Waals surface area contributed by atoms with Gasteiger partial charge in [0.2, 0.25) is 0 Å². The summed E-state index contributed by atoms with van der Waals surface area (Å²) in [7, 11) is 0. The van der Waals surface area contributed by atoms with E-state index in [-0.39, 0.29) is 5.56 Å². The minimum absolute atomic E-state index is 0.254. The van der Waals surface area contributed by atoms with Crippen molar-refractivity contribution in [3.8, 4) is 10.7 Å². The average molecular weight is 432 g/mol. The van der Waals surface area contributed by atoms with Crippen LogP contribution in [0.5, 0.6) is 0 Å². The molecule has 0 amide bonds. The van der Waals surface area contributed by atoms with Gasteiger partial charge >= 0.3 is 5.97 Å². The minimum Gasteiger partial charge on any atom is -0.478 e. The highest BCUT2D eigenvalue weighted by atomic mass is 79.9. The number of halogens is 1. The van der Waals surface area contributed by atoms with Crippen molar-refractivity contribution in [1.82, 2.24) is 9.97 Å². The minimum atomic E-state index is -0.940. The Balaban J connectivity index is 2.00. The van der Waals surface area contributed by atoms with E-state index in [1.165, 1.54) is 4.88 Å². The molecule has 134 valence electrons. The third kappa shape index (κ3) is 3.78. The molecule has 26 heavy (non-hydrogen) atoms. The van der Waals surface area contributed by atoms with E-state index in [1.54, 1.807) is 35.6 Å². The maximum atomic E-state index is 11.0. The zero-order valence-corrected chi connectivity index (χ0v) is 17.0. The molecule has 2 heterocycles. The van der Waals surface area contributed by atoms with Crippen molar-refractivity contribution in [3.05, 3.63) is 56.5 Å². The first-order valence-corrected chi connectivity index (χ1v) is 9.74. The summed E-state index contributed by atoms with van der Waals surface area (Å²) in [6.07, 6.45) is 0.800. The van der Waals surface area contributed by atoms with E-state index < -0.39 is 5.97 Å². The summed E-state index contributed by atoms with van der Waals surface area (Å²) < 4.78 is 1.05. The molecule has 0 spiro atoms. The number of hydrogen-bond donors (Lipinski definition) is 2. The molecule has 0 aliphatic carbocycles. The van der Waals surface area contributed by atoms with Crippen molar-refractivity contribution in [1.29, 1.82) is 0 Å². The second-order valence-corrected chi connectivity index (χ2v) is 7.95. The number of benzene rings is 1. The Morgan fingerprint density at radius 1 is 1.23 bits per heavy atom. The molecular weight excluding hydrogens is 414 g/mol. The van der Waals surface area contributed by atoms with Crippen LogP contribution >= 0.6 is 27.3 Å². The molecule has 0 atom stereocenters. The van der Waals surface area contributed by atoms with E-state index in [4.69, 9.17) is 10.1 Å². The summed E-state index contributed by atoms with van der Waals surface area (Å²) in [6, 6.07) is 8.67. The normalized spacial score (nSPS) is 10.8. The number of carbonyl (C=O) groups is 1. The van der Waals surface area contributed by atoms with Gasteiger partial charge in [-0.3, -0.25) is 0 Å². The van der Waals surface area contributed by atoms with Gasteiger partial charge in [0.05, 0.1) is 10.4 Å². The van der Waals surface area contributed by atoms with Crippen LogP contribution in [0.2, 0.25) is 0 Å². The number of carboxylic acids is 1. The van der Waals surface area contributed by atoms with Gasteiger partial charge in [0.25, 0.3) is 0 Å². The van der Waals surface area contributed by atoms with Crippen LogP contribution in [0.4, 0.5) is 11.5 Å². The molecule has 0 bridgehead atoms. The van der Waals surface area contributed by atoms with Crippen molar-refractivity contribution in [2.24, 2.45) is 0 Å². The number of aromatic nitrogens is 2. The summed E-state index contributed by atoms with van der Waals surface area (Å²) in [6.45, 7) is 6.10. The van der Waals surface area contributed by atoms with Crippen LogP contribution in [0.25, 0.3) is 10.7 Å². The molecule has 3 aromatic rings. The molecule has 2 N–H and O–H groups in total. The second-order valence-electron chi connectivity index (χ2n) is 5.84. The Kier molecular flexibility index (Phi) is 5.38. The number of thiophene rings is 1. The maximum absolute atomic E-state index is 11.0. The van der Waals surface area contributed by atoms with Gasteiger partial charge < -0.3 is 10.4 Å². The number of hydrogen-bond acceptors (Lipinski definition) is 5. The third-order valence-corrected chi connectivity index (χ3v) is 6.17. The average Bonchev–Trinajstić information content (AvgIpc) is 2.94. The lowest BCUT2D eigenvalue weighted by molar-refractivity contribution is 0.0697. The van der Waals surface area contributed by atoms with Gasteiger partial charge in [0.15, 0.2) is 5.82 Å². The van der Waals surface area contributed by atoms with Gasteiger partial charge in [-0.05, 0) is 66.5 Å². The molecule has 0 aliphatic rings. The summed E-state index contributed by atoms with van der Waals surface area (Å²) in [5, 5.41) is 12.3. The van der Waals surface area contributed by atoms with E-state index in [0.29, 0.717) is 5.82 Å². The maximum Gasteiger partial charge on any atom is 0.335 e.